The molecule has 0 aliphatic heterocycles. The van der Waals surface area contributed by atoms with E-state index < -0.39 is 35.2 Å². The fourth-order valence-electron chi connectivity index (χ4n) is 8.69. The number of rotatable bonds is 12. The van der Waals surface area contributed by atoms with Crippen molar-refractivity contribution in [3.05, 3.63) is 31.5 Å². The molecule has 1 aromatic rings. The molecular weight excluding hydrogens is 576 g/mol. The van der Waals surface area contributed by atoms with Crippen LogP contribution >= 0.6 is 0 Å². The molecule has 3 unspecified atom stereocenters. The van der Waals surface area contributed by atoms with E-state index in [1.807, 2.05) is 20.8 Å². The highest BCUT2D eigenvalue weighted by Gasteiger charge is 2.37. The highest BCUT2D eigenvalue weighted by atomic mass is 16.2. The van der Waals surface area contributed by atoms with Gasteiger partial charge < -0.3 is 0 Å². The molecule has 246 valence electrons. The first kappa shape index (κ1) is 34.4. The van der Waals surface area contributed by atoms with E-state index >= 15 is 0 Å². The van der Waals surface area contributed by atoms with Gasteiger partial charge in [-0.25, -0.2) is 57.4 Å². The van der Waals surface area contributed by atoms with Gasteiger partial charge in [-0.15, -0.1) is 0 Å². The maximum absolute atomic E-state index is 14.5. The molecule has 3 saturated carbocycles. The van der Waals surface area contributed by atoms with Gasteiger partial charge in [0.15, 0.2) is 0 Å². The molecule has 0 saturated heterocycles. The van der Waals surface area contributed by atoms with Crippen LogP contribution in [0.3, 0.4) is 0 Å². The number of nitrogens with zero attached hydrogens (tertiary/aromatic N) is 6. The average Bonchev–Trinajstić information content (AvgIpc) is 3.05. The van der Waals surface area contributed by atoms with Crippen molar-refractivity contribution < 1.29 is 14.4 Å². The van der Waals surface area contributed by atoms with Gasteiger partial charge in [0.1, 0.15) is 0 Å². The van der Waals surface area contributed by atoms with Crippen LogP contribution in [0.25, 0.3) is 0 Å². The summed E-state index contributed by atoms with van der Waals surface area (Å²) in [7, 11) is 0. The van der Waals surface area contributed by atoms with Crippen LogP contribution in [0.1, 0.15) is 135 Å². The third-order valence-electron chi connectivity index (χ3n) is 11.0. The Labute approximate surface area is 263 Å². The lowest BCUT2D eigenvalue weighted by Crippen LogP contribution is -2.59. The van der Waals surface area contributed by atoms with E-state index in [4.69, 9.17) is 0 Å². The molecule has 3 fully saturated rings. The summed E-state index contributed by atoms with van der Waals surface area (Å²) in [5.74, 6) is 0.101. The van der Waals surface area contributed by atoms with Crippen LogP contribution in [0.15, 0.2) is 29.4 Å². The summed E-state index contributed by atoms with van der Waals surface area (Å²) in [6.45, 7) is 5.93. The summed E-state index contributed by atoms with van der Waals surface area (Å²) in [4.78, 5) is 87.8. The molecule has 1 heterocycles. The van der Waals surface area contributed by atoms with Crippen molar-refractivity contribution >= 4 is 18.2 Å². The van der Waals surface area contributed by atoms with Crippen LogP contribution in [-0.2, 0) is 14.4 Å². The maximum Gasteiger partial charge on any atom is 0.336 e. The molecule has 3 aliphatic carbocycles. The lowest BCUT2D eigenvalue weighted by molar-refractivity contribution is 0.167. The Morgan fingerprint density at radius 3 is 0.889 bits per heavy atom. The minimum absolute atomic E-state index is 0.0336. The van der Waals surface area contributed by atoms with Crippen LogP contribution in [0, 0.1) is 17.8 Å². The van der Waals surface area contributed by atoms with Crippen LogP contribution in [0.4, 0.5) is 0 Å². The summed E-state index contributed by atoms with van der Waals surface area (Å²) in [5, 5.41) is 0. The van der Waals surface area contributed by atoms with E-state index in [1.54, 1.807) is 18.2 Å². The summed E-state index contributed by atoms with van der Waals surface area (Å²) in [6.07, 6.45) is 15.1. The first-order chi connectivity index (χ1) is 21.8. The van der Waals surface area contributed by atoms with E-state index in [1.165, 1.54) is 13.7 Å². The van der Waals surface area contributed by atoms with Gasteiger partial charge in [0.05, 0.1) is 18.1 Å². The van der Waals surface area contributed by atoms with E-state index in [0.717, 1.165) is 38.5 Å². The molecular formula is C33H48N6O6. The molecule has 3 aliphatic rings. The zero-order valence-electron chi connectivity index (χ0n) is 26.9. The predicted molar refractivity (Wildman–Crippen MR) is 169 cm³/mol. The second-order valence-corrected chi connectivity index (χ2v) is 13.3. The largest absolute Gasteiger partial charge is 0.336 e. The Kier molecular flexibility index (Phi) is 12.4. The van der Waals surface area contributed by atoms with Crippen molar-refractivity contribution in [3.63, 3.8) is 0 Å². The highest BCUT2D eigenvalue weighted by molar-refractivity contribution is 5.34. The van der Waals surface area contributed by atoms with Crippen molar-refractivity contribution in [2.45, 2.75) is 153 Å². The smallest absolute Gasteiger partial charge is 0.247 e. The van der Waals surface area contributed by atoms with Crippen molar-refractivity contribution in [1.82, 2.24) is 13.7 Å². The van der Waals surface area contributed by atoms with Crippen LogP contribution < -0.4 is 17.1 Å². The number of isocyanates is 3. The van der Waals surface area contributed by atoms with Crippen LogP contribution in [0.2, 0.25) is 0 Å². The first-order valence-electron chi connectivity index (χ1n) is 17.0. The fourth-order valence-corrected chi connectivity index (χ4v) is 8.69. The van der Waals surface area contributed by atoms with Crippen LogP contribution in [-0.4, -0.2) is 50.1 Å². The van der Waals surface area contributed by atoms with Gasteiger partial charge in [-0.2, -0.15) is 0 Å². The maximum atomic E-state index is 14.5. The molecule has 45 heavy (non-hydrogen) atoms. The molecule has 3 atom stereocenters. The molecule has 0 N–H and O–H groups in total. The van der Waals surface area contributed by atoms with Crippen molar-refractivity contribution in [2.24, 2.45) is 32.7 Å². The van der Waals surface area contributed by atoms with E-state index in [-0.39, 0.29) is 35.9 Å². The van der Waals surface area contributed by atoms with E-state index in [0.29, 0.717) is 57.8 Å². The Morgan fingerprint density at radius 1 is 0.489 bits per heavy atom. The normalized spacial score (nSPS) is 28.9. The Bertz CT molecular complexity index is 1260. The van der Waals surface area contributed by atoms with Crippen LogP contribution in [0.5, 0.6) is 0 Å². The number of hydrogen-bond donors (Lipinski definition) is 0. The van der Waals surface area contributed by atoms with Gasteiger partial charge >= 0.3 is 17.1 Å². The van der Waals surface area contributed by atoms with Crippen molar-refractivity contribution in [2.75, 3.05) is 0 Å². The molecule has 0 aromatic carbocycles. The Hall–Kier alpha value is -3.45. The number of aromatic nitrogens is 3. The monoisotopic (exact) mass is 624 g/mol. The summed E-state index contributed by atoms with van der Waals surface area (Å²) in [6, 6.07) is -1.46. The molecule has 4 rings (SSSR count). The summed E-state index contributed by atoms with van der Waals surface area (Å²) < 4.78 is 4.14. The second-order valence-electron chi connectivity index (χ2n) is 13.3. The first-order valence-corrected chi connectivity index (χ1v) is 17.0. The quantitative estimate of drug-likeness (QED) is 0.242. The molecule has 1 aromatic heterocycles. The highest BCUT2D eigenvalue weighted by Crippen LogP contribution is 2.38. The Morgan fingerprint density at radius 2 is 0.711 bits per heavy atom. The predicted octanol–water partition coefficient (Wildman–Crippen LogP) is 4.71. The van der Waals surface area contributed by atoms with Crippen molar-refractivity contribution in [3.8, 4) is 0 Å². The number of carbonyl (C=O) groups excluding carboxylic acids is 3. The summed E-state index contributed by atoms with van der Waals surface area (Å²) in [5.41, 5.74) is -1.63. The van der Waals surface area contributed by atoms with Gasteiger partial charge in [0.2, 0.25) is 18.2 Å². The van der Waals surface area contributed by atoms with Gasteiger partial charge in [0.25, 0.3) is 0 Å². The zero-order chi connectivity index (χ0) is 32.5. The zero-order valence-corrected chi connectivity index (χ0v) is 26.9. The molecule has 0 spiro atoms. The number of hydrogen-bond acceptors (Lipinski definition) is 9. The number of aliphatic imine (C=N–C) groups is 3. The van der Waals surface area contributed by atoms with E-state index in [9.17, 15) is 28.8 Å². The van der Waals surface area contributed by atoms with Gasteiger partial charge in [-0.1, -0.05) is 20.8 Å². The molecule has 0 bridgehead atoms. The lowest BCUT2D eigenvalue weighted by Gasteiger charge is -2.37. The SMILES string of the molecule is CCC(C1CCC(N=C=O)CC1)n1c(=O)n(C(CC)C2CCC(N=C=O)CC2)c(=O)n(C(CC)C2CCC(N=C=O)CC2)c1=O. The standard InChI is InChI=1S/C33H48N6O6/c1-4-28(22-7-13-25(14-8-22)34-19-40)37-31(43)38(29(5-2)23-9-15-26(16-10-23)35-20-41)33(45)39(32(37)44)30(6-3)24-11-17-27(18-12-24)36-21-42/h22-30H,4-18H2,1-3H3. The topological polar surface area (TPSA) is 154 Å². The lowest BCUT2D eigenvalue weighted by atomic mass is 9.80. The molecule has 12 nitrogen and oxygen atoms in total. The molecule has 0 amide bonds. The van der Waals surface area contributed by atoms with E-state index in [2.05, 4.69) is 15.0 Å². The Balaban J connectivity index is 1.83. The third kappa shape index (κ3) is 7.51. The van der Waals surface area contributed by atoms with Gasteiger partial charge in [-0.05, 0) is 114 Å². The molecule has 12 heteroatoms. The fraction of sp³-hybridized carbons (Fsp3) is 0.818. The van der Waals surface area contributed by atoms with Gasteiger partial charge in [0, 0.05) is 18.1 Å². The van der Waals surface area contributed by atoms with Gasteiger partial charge in [-0.3, -0.25) is 0 Å². The summed E-state index contributed by atoms with van der Waals surface area (Å²) >= 11 is 0. The molecule has 0 radical (unpaired) electrons. The third-order valence-corrected chi connectivity index (χ3v) is 11.0. The van der Waals surface area contributed by atoms with Crippen molar-refractivity contribution in [1.29, 1.82) is 0 Å². The second kappa shape index (κ2) is 16.2. The average molecular weight is 625 g/mol. The minimum atomic E-state index is -0.542. The minimum Gasteiger partial charge on any atom is -0.247 e.